The van der Waals surface area contributed by atoms with Crippen LogP contribution in [0.1, 0.15) is 32.7 Å². The molecule has 1 aliphatic heterocycles. The summed E-state index contributed by atoms with van der Waals surface area (Å²) in [4.78, 5) is 15.3. The van der Waals surface area contributed by atoms with Crippen molar-refractivity contribution < 1.29 is 13.2 Å². The molecule has 0 saturated heterocycles. The van der Waals surface area contributed by atoms with Crippen LogP contribution in [-0.4, -0.2) is 42.6 Å². The first-order valence-electron chi connectivity index (χ1n) is 9.77. The van der Waals surface area contributed by atoms with Crippen molar-refractivity contribution in [2.75, 3.05) is 13.6 Å². The van der Waals surface area contributed by atoms with E-state index in [9.17, 15) is 13.2 Å². The number of sulfonamides is 1. The van der Waals surface area contributed by atoms with Gasteiger partial charge < -0.3 is 4.90 Å². The van der Waals surface area contributed by atoms with Gasteiger partial charge >= 0.3 is 0 Å². The van der Waals surface area contributed by atoms with Crippen molar-refractivity contribution in [3.8, 4) is 5.69 Å². The third-order valence-electron chi connectivity index (χ3n) is 5.55. The maximum Gasteiger partial charge on any atom is 0.257 e. The number of carbonyl (C=O) groups excluding carboxylic acids is 1. The van der Waals surface area contributed by atoms with Crippen molar-refractivity contribution in [2.45, 2.75) is 31.7 Å². The molecule has 0 atom stereocenters. The smallest absolute Gasteiger partial charge is 0.257 e. The van der Waals surface area contributed by atoms with E-state index in [-0.39, 0.29) is 10.8 Å². The van der Waals surface area contributed by atoms with Crippen molar-refractivity contribution in [1.29, 1.82) is 0 Å². The Morgan fingerprint density at radius 2 is 1.90 bits per heavy atom. The number of carbonyl (C=O) groups is 1. The summed E-state index contributed by atoms with van der Waals surface area (Å²) in [6.45, 7) is 4.73. The largest absolute Gasteiger partial charge is 0.334 e. The molecule has 2 aromatic carbocycles. The predicted molar refractivity (Wildman–Crippen MR) is 114 cm³/mol. The molecule has 0 unspecified atom stereocenters. The van der Waals surface area contributed by atoms with Gasteiger partial charge in [0.05, 0.1) is 28.0 Å². The SMILES string of the molecule is CNS(=O)(=O)c1cccc2c1CCN(C(=O)c1cnn(-c3cccc(C)c3)c1C)C2. The van der Waals surface area contributed by atoms with Crippen molar-refractivity contribution in [3.05, 3.63) is 76.6 Å². The molecular formula is C22H24N4O3S. The van der Waals surface area contributed by atoms with E-state index in [4.69, 9.17) is 0 Å². The van der Waals surface area contributed by atoms with Crippen LogP contribution in [0.25, 0.3) is 5.69 Å². The average Bonchev–Trinajstić information content (AvgIpc) is 3.13. The zero-order chi connectivity index (χ0) is 21.5. The fraction of sp³-hybridized carbons (Fsp3) is 0.273. The first-order chi connectivity index (χ1) is 14.3. The second-order valence-electron chi connectivity index (χ2n) is 7.47. The van der Waals surface area contributed by atoms with Crippen LogP contribution in [0.2, 0.25) is 0 Å². The van der Waals surface area contributed by atoms with Gasteiger partial charge in [0.15, 0.2) is 0 Å². The molecule has 0 fully saturated rings. The van der Waals surface area contributed by atoms with Gasteiger partial charge in [-0.15, -0.1) is 0 Å². The van der Waals surface area contributed by atoms with Crippen LogP contribution in [0.5, 0.6) is 0 Å². The van der Waals surface area contributed by atoms with Crippen molar-refractivity contribution >= 4 is 15.9 Å². The lowest BCUT2D eigenvalue weighted by atomic mass is 9.99. The highest BCUT2D eigenvalue weighted by Crippen LogP contribution is 2.27. The fourth-order valence-corrected chi connectivity index (χ4v) is 4.95. The number of benzene rings is 2. The Balaban J connectivity index is 1.62. The maximum absolute atomic E-state index is 13.2. The number of nitrogens with one attached hydrogen (secondary N) is 1. The van der Waals surface area contributed by atoms with E-state index in [2.05, 4.69) is 9.82 Å². The number of rotatable bonds is 4. The quantitative estimate of drug-likeness (QED) is 0.698. The molecule has 0 spiro atoms. The van der Waals surface area contributed by atoms with Crippen LogP contribution in [0, 0.1) is 13.8 Å². The van der Waals surface area contributed by atoms with Gasteiger partial charge in [0.25, 0.3) is 5.91 Å². The molecule has 0 aliphatic carbocycles. The van der Waals surface area contributed by atoms with Crippen LogP contribution in [0.4, 0.5) is 0 Å². The molecule has 0 saturated carbocycles. The molecule has 1 N–H and O–H groups in total. The lowest BCUT2D eigenvalue weighted by Gasteiger charge is -2.30. The van der Waals surface area contributed by atoms with E-state index in [1.54, 1.807) is 27.9 Å². The Morgan fingerprint density at radius 1 is 1.13 bits per heavy atom. The Hall–Kier alpha value is -2.97. The number of nitrogens with zero attached hydrogens (tertiary/aromatic N) is 3. The van der Waals surface area contributed by atoms with Gasteiger partial charge in [0.1, 0.15) is 0 Å². The maximum atomic E-state index is 13.2. The molecule has 156 valence electrons. The highest BCUT2D eigenvalue weighted by molar-refractivity contribution is 7.89. The number of aryl methyl sites for hydroxylation is 1. The monoisotopic (exact) mass is 424 g/mol. The van der Waals surface area contributed by atoms with E-state index >= 15 is 0 Å². The highest BCUT2D eigenvalue weighted by Gasteiger charge is 2.28. The summed E-state index contributed by atoms with van der Waals surface area (Å²) in [5.74, 6) is -0.0982. The summed E-state index contributed by atoms with van der Waals surface area (Å²) in [6, 6.07) is 13.2. The molecular weight excluding hydrogens is 400 g/mol. The Bertz CT molecular complexity index is 1230. The second-order valence-corrected chi connectivity index (χ2v) is 9.33. The van der Waals surface area contributed by atoms with E-state index in [1.807, 2.05) is 44.2 Å². The van der Waals surface area contributed by atoms with Gasteiger partial charge in [0, 0.05) is 13.1 Å². The third-order valence-corrected chi connectivity index (χ3v) is 7.05. The van der Waals surface area contributed by atoms with E-state index in [0.29, 0.717) is 25.1 Å². The summed E-state index contributed by atoms with van der Waals surface area (Å²) in [5, 5.41) is 4.43. The second kappa shape index (κ2) is 7.70. The van der Waals surface area contributed by atoms with E-state index in [0.717, 1.165) is 28.1 Å². The number of aromatic nitrogens is 2. The molecule has 2 heterocycles. The zero-order valence-corrected chi connectivity index (χ0v) is 18.0. The van der Waals surface area contributed by atoms with Crippen molar-refractivity contribution in [3.63, 3.8) is 0 Å². The minimum Gasteiger partial charge on any atom is -0.334 e. The molecule has 30 heavy (non-hydrogen) atoms. The van der Waals surface area contributed by atoms with Gasteiger partial charge in [-0.3, -0.25) is 4.79 Å². The van der Waals surface area contributed by atoms with Gasteiger partial charge in [-0.1, -0.05) is 24.3 Å². The fourth-order valence-electron chi connectivity index (χ4n) is 3.92. The Labute approximate surface area is 176 Å². The van der Waals surface area contributed by atoms with Gasteiger partial charge in [0.2, 0.25) is 10.0 Å². The van der Waals surface area contributed by atoms with E-state index < -0.39 is 10.0 Å². The molecule has 3 aromatic rings. The van der Waals surface area contributed by atoms with E-state index in [1.165, 1.54) is 7.05 Å². The van der Waals surface area contributed by atoms with Crippen LogP contribution in [-0.2, 0) is 23.0 Å². The molecule has 0 radical (unpaired) electrons. The summed E-state index contributed by atoms with van der Waals surface area (Å²) in [5.41, 5.74) is 5.01. The molecule has 4 rings (SSSR count). The third kappa shape index (κ3) is 3.53. The van der Waals surface area contributed by atoms with Crippen molar-refractivity contribution in [1.82, 2.24) is 19.4 Å². The van der Waals surface area contributed by atoms with Gasteiger partial charge in [-0.05, 0) is 62.2 Å². The van der Waals surface area contributed by atoms with Gasteiger partial charge in [-0.2, -0.15) is 5.10 Å². The lowest BCUT2D eigenvalue weighted by Crippen LogP contribution is -2.37. The summed E-state index contributed by atoms with van der Waals surface area (Å²) in [7, 11) is -2.13. The van der Waals surface area contributed by atoms with Gasteiger partial charge in [-0.25, -0.2) is 17.8 Å². The number of hydrogen-bond donors (Lipinski definition) is 1. The first-order valence-corrected chi connectivity index (χ1v) is 11.3. The zero-order valence-electron chi connectivity index (χ0n) is 17.2. The average molecular weight is 425 g/mol. The molecule has 1 amide bonds. The highest BCUT2D eigenvalue weighted by atomic mass is 32.2. The van der Waals surface area contributed by atoms with Crippen LogP contribution < -0.4 is 4.72 Å². The Kier molecular flexibility index (Phi) is 5.21. The van der Waals surface area contributed by atoms with Crippen LogP contribution in [0.3, 0.4) is 0 Å². The number of amides is 1. The molecule has 1 aromatic heterocycles. The summed E-state index contributed by atoms with van der Waals surface area (Å²) in [6.07, 6.45) is 2.10. The first kappa shape index (κ1) is 20.3. The minimum atomic E-state index is -3.53. The summed E-state index contributed by atoms with van der Waals surface area (Å²) < 4.78 is 28.8. The molecule has 0 bridgehead atoms. The lowest BCUT2D eigenvalue weighted by molar-refractivity contribution is 0.0733. The van der Waals surface area contributed by atoms with Crippen molar-refractivity contribution in [2.24, 2.45) is 0 Å². The number of fused-ring (bicyclic) bond motifs is 1. The molecule has 8 heteroatoms. The Morgan fingerprint density at radius 3 is 2.63 bits per heavy atom. The van der Waals surface area contributed by atoms with Crippen LogP contribution >= 0.6 is 0 Å². The topological polar surface area (TPSA) is 84.3 Å². The predicted octanol–water partition coefficient (Wildman–Crippen LogP) is 2.60. The standard InChI is InChI=1S/C22H24N4O3S/c1-15-6-4-8-18(12-15)26-16(2)20(13-24-26)22(27)25-11-10-19-17(14-25)7-5-9-21(19)30(28,29)23-3/h4-9,12-13,23H,10-11,14H2,1-3H3. The number of hydrogen-bond acceptors (Lipinski definition) is 4. The van der Waals surface area contributed by atoms with Crippen LogP contribution in [0.15, 0.2) is 53.6 Å². The minimum absolute atomic E-state index is 0.0982. The normalized spacial score (nSPS) is 13.9. The molecule has 7 nitrogen and oxygen atoms in total. The molecule has 1 aliphatic rings. The summed E-state index contributed by atoms with van der Waals surface area (Å²) >= 11 is 0.